The highest BCUT2D eigenvalue weighted by Gasteiger charge is 2.47. The lowest BCUT2D eigenvalue weighted by molar-refractivity contribution is -0.00828. The molecule has 4 rings (SSSR count). The van der Waals surface area contributed by atoms with Gasteiger partial charge in [-0.3, -0.25) is 14.4 Å². The van der Waals surface area contributed by atoms with Crippen LogP contribution in [0.5, 0.6) is 5.75 Å². The van der Waals surface area contributed by atoms with E-state index in [0.717, 1.165) is 5.56 Å². The molecule has 2 aromatic carbocycles. The van der Waals surface area contributed by atoms with Gasteiger partial charge in [0.25, 0.3) is 11.8 Å². The molecule has 8 heteroatoms. The van der Waals surface area contributed by atoms with Crippen LogP contribution in [0.4, 0.5) is 8.78 Å². The maximum Gasteiger partial charge on any atom is 0.281 e. The van der Waals surface area contributed by atoms with Crippen molar-refractivity contribution < 1.29 is 18.3 Å². The largest absolute Gasteiger partial charge is 0.489 e. The average molecular weight is 400 g/mol. The lowest BCUT2D eigenvalue weighted by Gasteiger charge is -2.19. The van der Waals surface area contributed by atoms with Gasteiger partial charge in [-0.2, -0.15) is 5.10 Å². The maximum atomic E-state index is 14.1. The third-order valence-electron chi connectivity index (χ3n) is 5.06. The Morgan fingerprint density at radius 1 is 1.24 bits per heavy atom. The van der Waals surface area contributed by atoms with Crippen molar-refractivity contribution in [3.05, 3.63) is 59.8 Å². The van der Waals surface area contributed by atoms with Crippen LogP contribution in [-0.4, -0.2) is 52.7 Å². The second-order valence-electron chi connectivity index (χ2n) is 7.41. The predicted molar refractivity (Wildman–Crippen MR) is 105 cm³/mol. The van der Waals surface area contributed by atoms with E-state index < -0.39 is 17.9 Å². The van der Waals surface area contributed by atoms with E-state index in [1.54, 1.807) is 32.3 Å². The number of hydrogen-bond acceptors (Lipinski definition) is 4. The van der Waals surface area contributed by atoms with Crippen LogP contribution in [0.15, 0.2) is 48.5 Å². The van der Waals surface area contributed by atoms with Crippen LogP contribution >= 0.6 is 0 Å². The molecule has 0 bridgehead atoms. The van der Waals surface area contributed by atoms with Gasteiger partial charge in [-0.05, 0) is 30.8 Å². The number of amides is 1. The summed E-state index contributed by atoms with van der Waals surface area (Å²) in [6.45, 7) is 0.107. The lowest BCUT2D eigenvalue weighted by atomic mass is 10.1. The number of aryl methyl sites for hydroxylation is 1. The number of ether oxygens (including phenoxy) is 1. The van der Waals surface area contributed by atoms with E-state index in [1.807, 2.05) is 30.3 Å². The highest BCUT2D eigenvalue weighted by atomic mass is 19.3. The van der Waals surface area contributed by atoms with E-state index in [4.69, 9.17) is 4.74 Å². The molecule has 1 fully saturated rings. The summed E-state index contributed by atoms with van der Waals surface area (Å²) in [7, 11) is 3.23. The highest BCUT2D eigenvalue weighted by Crippen LogP contribution is 2.28. The van der Waals surface area contributed by atoms with Gasteiger partial charge in [-0.25, -0.2) is 8.78 Å². The number of nitrogens with one attached hydrogen (secondary N) is 1. The summed E-state index contributed by atoms with van der Waals surface area (Å²) in [6, 6.07) is 13.7. The van der Waals surface area contributed by atoms with E-state index in [0.29, 0.717) is 23.3 Å². The van der Waals surface area contributed by atoms with Gasteiger partial charge >= 0.3 is 0 Å². The fraction of sp³-hybridized carbons (Fsp3) is 0.333. The molecule has 1 amide bonds. The zero-order valence-electron chi connectivity index (χ0n) is 16.2. The molecule has 3 aromatic rings. The quantitative estimate of drug-likeness (QED) is 0.716. The summed E-state index contributed by atoms with van der Waals surface area (Å²) >= 11 is 0. The molecule has 0 spiro atoms. The normalized spacial score (nSPS) is 18.8. The molecular formula is C21H22F2N4O2. The molecule has 0 saturated carbocycles. The molecule has 1 aliphatic rings. The number of fused-ring (bicyclic) bond motifs is 1. The van der Waals surface area contributed by atoms with Crippen molar-refractivity contribution >= 4 is 16.8 Å². The van der Waals surface area contributed by atoms with Gasteiger partial charge in [0.2, 0.25) is 0 Å². The molecule has 0 aliphatic carbocycles. The van der Waals surface area contributed by atoms with Crippen LogP contribution in [0.3, 0.4) is 0 Å². The van der Waals surface area contributed by atoms with Crippen LogP contribution in [0, 0.1) is 0 Å². The van der Waals surface area contributed by atoms with Crippen molar-refractivity contribution in [2.45, 2.75) is 18.6 Å². The zero-order valence-corrected chi connectivity index (χ0v) is 16.2. The lowest BCUT2D eigenvalue weighted by Crippen LogP contribution is -2.47. The number of likely N-dealkylation sites (N-methyl/N-ethyl adjacent to an activating group) is 1. The van der Waals surface area contributed by atoms with E-state index in [2.05, 4.69) is 10.4 Å². The summed E-state index contributed by atoms with van der Waals surface area (Å²) in [5, 5.41) is 7.36. The molecule has 2 heterocycles. The van der Waals surface area contributed by atoms with Crippen molar-refractivity contribution in [3.63, 3.8) is 0 Å². The Morgan fingerprint density at radius 2 is 2.00 bits per heavy atom. The first kappa shape index (κ1) is 19.3. The molecule has 1 saturated heterocycles. The summed E-state index contributed by atoms with van der Waals surface area (Å²) in [6.07, 6.45) is 0. The van der Waals surface area contributed by atoms with Gasteiger partial charge in [-0.1, -0.05) is 30.3 Å². The summed E-state index contributed by atoms with van der Waals surface area (Å²) in [5.74, 6) is -2.97. The summed E-state index contributed by atoms with van der Waals surface area (Å²) in [4.78, 5) is 14.3. The Morgan fingerprint density at radius 3 is 2.69 bits per heavy atom. The predicted octanol–water partition coefficient (Wildman–Crippen LogP) is 2.83. The Labute approximate surface area is 167 Å². The number of likely N-dealkylation sites (tertiary alicyclic amines) is 1. The first-order valence-electron chi connectivity index (χ1n) is 9.34. The van der Waals surface area contributed by atoms with Gasteiger partial charge < -0.3 is 10.1 Å². The molecular weight excluding hydrogens is 378 g/mol. The number of alkyl halides is 2. The second-order valence-corrected chi connectivity index (χ2v) is 7.41. The highest BCUT2D eigenvalue weighted by molar-refractivity contribution is 6.05. The van der Waals surface area contributed by atoms with Crippen LogP contribution in [-0.2, 0) is 13.7 Å². The van der Waals surface area contributed by atoms with Crippen LogP contribution in [0.25, 0.3) is 10.9 Å². The smallest absolute Gasteiger partial charge is 0.281 e. The standard InChI is InChI=1S/C21H22F2N4O2/c1-26-11-18(21(22,23)13-26)24-20(28)19-16-10-15(8-9-17(16)25-27(19)2)29-12-14-6-4-3-5-7-14/h3-10,18H,11-13H2,1-2H3,(H,24,28). The van der Waals surface area contributed by atoms with Gasteiger partial charge in [-0.15, -0.1) is 0 Å². The fourth-order valence-corrected chi connectivity index (χ4v) is 3.64. The molecule has 1 unspecified atom stereocenters. The van der Waals surface area contributed by atoms with Gasteiger partial charge in [0, 0.05) is 19.0 Å². The molecule has 1 aromatic heterocycles. The Hall–Kier alpha value is -3.00. The molecule has 6 nitrogen and oxygen atoms in total. The molecule has 1 N–H and O–H groups in total. The van der Waals surface area contributed by atoms with Crippen LogP contribution in [0.1, 0.15) is 16.1 Å². The molecule has 29 heavy (non-hydrogen) atoms. The maximum absolute atomic E-state index is 14.1. The second kappa shape index (κ2) is 7.44. The minimum Gasteiger partial charge on any atom is -0.489 e. The fourth-order valence-electron chi connectivity index (χ4n) is 3.64. The van der Waals surface area contributed by atoms with Gasteiger partial charge in [0.1, 0.15) is 24.1 Å². The van der Waals surface area contributed by atoms with E-state index in [1.165, 1.54) is 9.58 Å². The Balaban J connectivity index is 1.57. The number of aromatic nitrogens is 2. The first-order valence-corrected chi connectivity index (χ1v) is 9.34. The van der Waals surface area contributed by atoms with Crippen molar-refractivity contribution in [1.82, 2.24) is 20.0 Å². The molecule has 0 radical (unpaired) electrons. The van der Waals surface area contributed by atoms with Crippen molar-refractivity contribution in [1.29, 1.82) is 0 Å². The van der Waals surface area contributed by atoms with E-state index in [-0.39, 0.29) is 18.8 Å². The summed E-state index contributed by atoms with van der Waals surface area (Å²) < 4.78 is 35.4. The molecule has 1 aliphatic heterocycles. The number of rotatable bonds is 5. The third-order valence-corrected chi connectivity index (χ3v) is 5.06. The van der Waals surface area contributed by atoms with E-state index >= 15 is 0 Å². The van der Waals surface area contributed by atoms with Crippen molar-refractivity contribution in [2.24, 2.45) is 7.05 Å². The SMILES string of the molecule is CN1CC(NC(=O)c2c3cc(OCc4ccccc4)ccc3nn2C)C(F)(F)C1. The zero-order chi connectivity index (χ0) is 20.6. The van der Waals surface area contributed by atoms with Crippen LogP contribution in [0.2, 0.25) is 0 Å². The minimum atomic E-state index is -2.97. The number of carbonyl (C=O) groups excluding carboxylic acids is 1. The number of nitrogens with zero attached hydrogens (tertiary/aromatic N) is 3. The number of carbonyl (C=O) groups is 1. The third kappa shape index (κ3) is 3.93. The Kier molecular flexibility index (Phi) is 4.96. The monoisotopic (exact) mass is 400 g/mol. The summed E-state index contributed by atoms with van der Waals surface area (Å²) in [5.41, 5.74) is 1.85. The van der Waals surface area contributed by atoms with Crippen molar-refractivity contribution in [3.8, 4) is 5.75 Å². The van der Waals surface area contributed by atoms with Crippen molar-refractivity contribution in [2.75, 3.05) is 20.1 Å². The minimum absolute atomic E-state index is 0.0972. The number of benzene rings is 2. The van der Waals surface area contributed by atoms with Gasteiger partial charge in [0.05, 0.1) is 12.1 Å². The molecule has 1 atom stereocenters. The number of halogens is 2. The number of hydrogen-bond donors (Lipinski definition) is 1. The first-order chi connectivity index (χ1) is 13.8. The Bertz CT molecular complexity index is 1040. The van der Waals surface area contributed by atoms with Gasteiger partial charge in [0.15, 0.2) is 0 Å². The average Bonchev–Trinajstić information content (AvgIpc) is 3.14. The topological polar surface area (TPSA) is 59.4 Å². The molecule has 152 valence electrons. The van der Waals surface area contributed by atoms with E-state index in [9.17, 15) is 13.6 Å². The van der Waals surface area contributed by atoms with Crippen LogP contribution < -0.4 is 10.1 Å².